The molecule has 0 saturated carbocycles. The highest BCUT2D eigenvalue weighted by Gasteiger charge is 2.35. The standard InChI is InChI=1S/C13H12BrF3N2S/c1-2-10(11-4-3-5-20-11)19-12-9(13(15,16)17)6-8(14)7-18-12/h3-7,10H,2H2,1H3,(H,18,19). The number of thiophene rings is 1. The molecule has 2 aromatic heterocycles. The Bertz CT molecular complexity index is 569. The molecule has 0 aliphatic rings. The van der Waals surface area contributed by atoms with Crippen LogP contribution in [0.2, 0.25) is 0 Å². The lowest BCUT2D eigenvalue weighted by molar-refractivity contribution is -0.137. The highest BCUT2D eigenvalue weighted by atomic mass is 79.9. The van der Waals surface area contributed by atoms with E-state index in [1.54, 1.807) is 0 Å². The Labute approximate surface area is 127 Å². The second-order valence-corrected chi connectivity index (χ2v) is 6.06. The van der Waals surface area contributed by atoms with Crippen LogP contribution in [0, 0.1) is 0 Å². The van der Waals surface area contributed by atoms with E-state index in [0.29, 0.717) is 10.9 Å². The van der Waals surface area contributed by atoms with E-state index < -0.39 is 11.7 Å². The van der Waals surface area contributed by atoms with E-state index in [0.717, 1.165) is 10.9 Å². The zero-order valence-corrected chi connectivity index (χ0v) is 12.9. The molecule has 0 aliphatic heterocycles. The lowest BCUT2D eigenvalue weighted by Gasteiger charge is -2.19. The van der Waals surface area contributed by atoms with Gasteiger partial charge in [0.25, 0.3) is 0 Å². The zero-order valence-electron chi connectivity index (χ0n) is 10.5. The number of nitrogens with one attached hydrogen (secondary N) is 1. The van der Waals surface area contributed by atoms with Gasteiger partial charge in [0.1, 0.15) is 5.82 Å². The monoisotopic (exact) mass is 364 g/mol. The Kier molecular flexibility index (Phi) is 4.70. The molecule has 0 fully saturated rings. The Morgan fingerprint density at radius 2 is 2.20 bits per heavy atom. The van der Waals surface area contributed by atoms with Crippen LogP contribution in [0.3, 0.4) is 0 Å². The average Bonchev–Trinajstić information content (AvgIpc) is 2.90. The Morgan fingerprint density at radius 1 is 1.45 bits per heavy atom. The van der Waals surface area contributed by atoms with Crippen molar-refractivity contribution in [2.75, 3.05) is 5.32 Å². The maximum atomic E-state index is 13.0. The second kappa shape index (κ2) is 6.13. The molecule has 0 amide bonds. The van der Waals surface area contributed by atoms with Gasteiger partial charge in [0.2, 0.25) is 0 Å². The van der Waals surface area contributed by atoms with Crippen molar-refractivity contribution in [3.05, 3.63) is 44.7 Å². The van der Waals surface area contributed by atoms with Crippen LogP contribution in [-0.4, -0.2) is 4.98 Å². The van der Waals surface area contributed by atoms with E-state index in [1.165, 1.54) is 17.5 Å². The van der Waals surface area contributed by atoms with Crippen LogP contribution in [0.25, 0.3) is 0 Å². The van der Waals surface area contributed by atoms with Crippen molar-refractivity contribution in [1.29, 1.82) is 0 Å². The van der Waals surface area contributed by atoms with Crippen molar-refractivity contribution in [1.82, 2.24) is 4.98 Å². The fraction of sp³-hybridized carbons (Fsp3) is 0.308. The van der Waals surface area contributed by atoms with E-state index in [1.807, 2.05) is 24.4 Å². The van der Waals surface area contributed by atoms with E-state index in [4.69, 9.17) is 0 Å². The number of hydrogen-bond donors (Lipinski definition) is 1. The van der Waals surface area contributed by atoms with Crippen molar-refractivity contribution >= 4 is 33.1 Å². The summed E-state index contributed by atoms with van der Waals surface area (Å²) < 4.78 is 39.4. The summed E-state index contributed by atoms with van der Waals surface area (Å²) in [5.74, 6) is -0.138. The molecule has 0 saturated heterocycles. The fourth-order valence-electron chi connectivity index (χ4n) is 1.80. The topological polar surface area (TPSA) is 24.9 Å². The van der Waals surface area contributed by atoms with Crippen LogP contribution < -0.4 is 5.32 Å². The summed E-state index contributed by atoms with van der Waals surface area (Å²) in [6.45, 7) is 1.92. The van der Waals surface area contributed by atoms with Gasteiger partial charge in [-0.25, -0.2) is 4.98 Å². The molecule has 0 aromatic carbocycles. The lowest BCUT2D eigenvalue weighted by atomic mass is 10.1. The smallest absolute Gasteiger partial charge is 0.362 e. The number of pyridine rings is 1. The Morgan fingerprint density at radius 3 is 2.75 bits per heavy atom. The van der Waals surface area contributed by atoms with E-state index in [2.05, 4.69) is 26.2 Å². The van der Waals surface area contributed by atoms with Crippen LogP contribution in [0.4, 0.5) is 19.0 Å². The minimum atomic E-state index is -4.44. The molecule has 1 atom stereocenters. The summed E-state index contributed by atoms with van der Waals surface area (Å²) in [5, 5.41) is 4.79. The van der Waals surface area contributed by atoms with Gasteiger partial charge in [-0.3, -0.25) is 0 Å². The van der Waals surface area contributed by atoms with E-state index in [-0.39, 0.29) is 11.9 Å². The van der Waals surface area contributed by atoms with Crippen LogP contribution in [0.15, 0.2) is 34.2 Å². The molecule has 1 N–H and O–H groups in total. The largest absolute Gasteiger partial charge is 0.419 e. The van der Waals surface area contributed by atoms with Crippen molar-refractivity contribution in [3.63, 3.8) is 0 Å². The Hall–Kier alpha value is -1.08. The highest BCUT2D eigenvalue weighted by molar-refractivity contribution is 9.10. The molecular formula is C13H12BrF3N2S. The van der Waals surface area contributed by atoms with E-state index >= 15 is 0 Å². The summed E-state index contributed by atoms with van der Waals surface area (Å²) in [7, 11) is 0. The first-order valence-electron chi connectivity index (χ1n) is 5.94. The number of aromatic nitrogens is 1. The first kappa shape index (κ1) is 15.3. The molecule has 2 nitrogen and oxygen atoms in total. The summed E-state index contributed by atoms with van der Waals surface area (Å²) in [5.41, 5.74) is -0.762. The third-order valence-corrected chi connectivity index (χ3v) is 4.19. The molecule has 20 heavy (non-hydrogen) atoms. The predicted molar refractivity (Wildman–Crippen MR) is 77.9 cm³/mol. The fourth-order valence-corrected chi connectivity index (χ4v) is 2.99. The molecule has 0 radical (unpaired) electrons. The zero-order chi connectivity index (χ0) is 14.8. The number of hydrogen-bond acceptors (Lipinski definition) is 3. The highest BCUT2D eigenvalue weighted by Crippen LogP contribution is 2.37. The molecule has 2 aromatic rings. The van der Waals surface area contributed by atoms with Gasteiger partial charge >= 0.3 is 6.18 Å². The summed E-state index contributed by atoms with van der Waals surface area (Å²) >= 11 is 4.53. The van der Waals surface area contributed by atoms with Gasteiger partial charge in [-0.05, 0) is 39.9 Å². The van der Waals surface area contributed by atoms with Crippen molar-refractivity contribution in [2.24, 2.45) is 0 Å². The lowest BCUT2D eigenvalue weighted by Crippen LogP contribution is -2.15. The molecular weight excluding hydrogens is 353 g/mol. The predicted octanol–water partition coefficient (Wildman–Crippen LogP) is 5.49. The molecule has 2 heterocycles. The number of halogens is 4. The first-order chi connectivity index (χ1) is 9.41. The van der Waals surface area contributed by atoms with E-state index in [9.17, 15) is 13.2 Å². The second-order valence-electron chi connectivity index (χ2n) is 4.17. The number of alkyl halides is 3. The SMILES string of the molecule is CCC(Nc1ncc(Br)cc1C(F)(F)F)c1cccs1. The minimum absolute atomic E-state index is 0.138. The van der Waals surface area contributed by atoms with Crippen LogP contribution in [0.5, 0.6) is 0 Å². The molecule has 2 rings (SSSR count). The van der Waals surface area contributed by atoms with Crippen molar-refractivity contribution in [2.45, 2.75) is 25.6 Å². The van der Waals surface area contributed by atoms with Gasteiger partial charge in [-0.15, -0.1) is 11.3 Å². The number of nitrogens with zero attached hydrogens (tertiary/aromatic N) is 1. The van der Waals surface area contributed by atoms with Crippen LogP contribution in [0.1, 0.15) is 29.8 Å². The van der Waals surface area contributed by atoms with Crippen LogP contribution in [-0.2, 0) is 6.18 Å². The quantitative estimate of drug-likeness (QED) is 0.775. The van der Waals surface area contributed by atoms with Crippen molar-refractivity contribution in [3.8, 4) is 0 Å². The number of anilines is 1. The molecule has 1 unspecified atom stereocenters. The van der Waals surface area contributed by atoms with Gasteiger partial charge in [0, 0.05) is 15.5 Å². The maximum absolute atomic E-state index is 13.0. The summed E-state index contributed by atoms with van der Waals surface area (Å²) in [4.78, 5) is 4.86. The molecule has 108 valence electrons. The Balaban J connectivity index is 2.33. The third-order valence-electron chi connectivity index (χ3n) is 2.77. The maximum Gasteiger partial charge on any atom is 0.419 e. The van der Waals surface area contributed by atoms with Gasteiger partial charge in [0.05, 0.1) is 11.6 Å². The summed E-state index contributed by atoms with van der Waals surface area (Å²) in [6, 6.07) is 4.64. The molecule has 0 aliphatic carbocycles. The van der Waals surface area contributed by atoms with Gasteiger partial charge in [0.15, 0.2) is 0 Å². The number of rotatable bonds is 4. The van der Waals surface area contributed by atoms with Crippen LogP contribution >= 0.6 is 27.3 Å². The van der Waals surface area contributed by atoms with Crippen molar-refractivity contribution < 1.29 is 13.2 Å². The molecule has 0 bridgehead atoms. The molecule has 0 spiro atoms. The molecule has 7 heteroatoms. The first-order valence-corrected chi connectivity index (χ1v) is 7.61. The van der Waals surface area contributed by atoms with Gasteiger partial charge in [-0.1, -0.05) is 13.0 Å². The average molecular weight is 365 g/mol. The summed E-state index contributed by atoms with van der Waals surface area (Å²) in [6.07, 6.45) is -2.40. The van der Waals surface area contributed by atoms with Gasteiger partial charge in [-0.2, -0.15) is 13.2 Å². The normalized spacial score (nSPS) is 13.2. The third kappa shape index (κ3) is 3.52. The van der Waals surface area contributed by atoms with Gasteiger partial charge < -0.3 is 5.32 Å². The minimum Gasteiger partial charge on any atom is -0.362 e.